The molecule has 2 aliphatic heterocycles. The van der Waals surface area contributed by atoms with Gasteiger partial charge in [0, 0.05) is 15.6 Å². The molecule has 2 atom stereocenters. The van der Waals surface area contributed by atoms with Crippen molar-refractivity contribution in [2.75, 3.05) is 0 Å². The first-order valence-electron chi connectivity index (χ1n) is 8.63. The SMILES string of the molecule is Brc1ccc([C@H]2Oc3ccccc3[C@H]3C=C(c4ccccc4)NN32)cc1. The Balaban J connectivity index is 1.59. The van der Waals surface area contributed by atoms with Crippen LogP contribution in [0.25, 0.3) is 5.70 Å². The molecule has 0 aromatic heterocycles. The molecular formula is C22H17BrN2O. The lowest BCUT2D eigenvalue weighted by atomic mass is 10.0. The van der Waals surface area contributed by atoms with E-state index in [4.69, 9.17) is 4.74 Å². The Bertz CT molecular complexity index is 969. The second kappa shape index (κ2) is 6.31. The van der Waals surface area contributed by atoms with E-state index in [1.54, 1.807) is 0 Å². The summed E-state index contributed by atoms with van der Waals surface area (Å²) in [5.41, 5.74) is 8.15. The molecule has 0 spiro atoms. The number of nitrogens with zero attached hydrogens (tertiary/aromatic N) is 1. The first-order chi connectivity index (χ1) is 12.8. The fourth-order valence-electron chi connectivity index (χ4n) is 3.57. The predicted molar refractivity (Wildman–Crippen MR) is 106 cm³/mol. The maximum absolute atomic E-state index is 6.37. The van der Waals surface area contributed by atoms with Crippen LogP contribution in [-0.4, -0.2) is 5.01 Å². The lowest BCUT2D eigenvalue weighted by Crippen LogP contribution is -2.43. The van der Waals surface area contributed by atoms with Crippen LogP contribution in [0.1, 0.15) is 29.0 Å². The minimum Gasteiger partial charge on any atom is -0.469 e. The van der Waals surface area contributed by atoms with Crippen LogP contribution in [0.15, 0.2) is 89.4 Å². The highest BCUT2D eigenvalue weighted by molar-refractivity contribution is 9.10. The van der Waals surface area contributed by atoms with E-state index in [0.29, 0.717) is 0 Å². The van der Waals surface area contributed by atoms with E-state index in [1.807, 2.05) is 18.2 Å². The summed E-state index contributed by atoms with van der Waals surface area (Å²) >= 11 is 3.51. The van der Waals surface area contributed by atoms with Gasteiger partial charge in [-0.2, -0.15) is 5.01 Å². The lowest BCUT2D eigenvalue weighted by molar-refractivity contribution is -0.0326. The standard InChI is InChI=1S/C22H17BrN2O/c23-17-12-10-16(11-13-17)22-25-20(18-8-4-5-9-21(18)26-22)14-19(24-25)15-6-2-1-3-7-15/h1-14,20,22,24H/t20-,22-/m1/s1. The minimum atomic E-state index is -0.194. The summed E-state index contributed by atoms with van der Waals surface area (Å²) in [6.45, 7) is 0. The number of hydrogen-bond donors (Lipinski definition) is 1. The summed E-state index contributed by atoms with van der Waals surface area (Å²) in [6.07, 6.45) is 2.09. The lowest BCUT2D eigenvalue weighted by Gasteiger charge is -2.38. The summed E-state index contributed by atoms with van der Waals surface area (Å²) in [5, 5.41) is 2.19. The van der Waals surface area contributed by atoms with Crippen molar-refractivity contribution in [2.24, 2.45) is 0 Å². The number of hydrazine groups is 1. The van der Waals surface area contributed by atoms with Gasteiger partial charge >= 0.3 is 0 Å². The number of halogens is 1. The van der Waals surface area contributed by atoms with E-state index in [9.17, 15) is 0 Å². The van der Waals surface area contributed by atoms with Crippen molar-refractivity contribution in [3.05, 3.63) is 106 Å². The van der Waals surface area contributed by atoms with Gasteiger partial charge in [-0.3, -0.25) is 0 Å². The highest BCUT2D eigenvalue weighted by atomic mass is 79.9. The summed E-state index contributed by atoms with van der Waals surface area (Å²) < 4.78 is 7.43. The molecule has 2 aliphatic rings. The van der Waals surface area contributed by atoms with Gasteiger partial charge in [-0.05, 0) is 29.8 Å². The molecule has 3 nitrogen and oxygen atoms in total. The molecule has 0 amide bonds. The highest BCUT2D eigenvalue weighted by Crippen LogP contribution is 2.45. The molecule has 4 heteroatoms. The Morgan fingerprint density at radius 1 is 0.846 bits per heavy atom. The molecule has 2 heterocycles. The van der Waals surface area contributed by atoms with Crippen LogP contribution in [0.2, 0.25) is 0 Å². The minimum absolute atomic E-state index is 0.129. The van der Waals surface area contributed by atoms with Crippen LogP contribution < -0.4 is 10.2 Å². The number of fused-ring (bicyclic) bond motifs is 3. The number of hydrogen-bond acceptors (Lipinski definition) is 3. The van der Waals surface area contributed by atoms with Crippen LogP contribution in [0.5, 0.6) is 5.75 Å². The number of ether oxygens (including phenoxy) is 1. The van der Waals surface area contributed by atoms with Crippen molar-refractivity contribution in [3.8, 4) is 5.75 Å². The molecule has 0 fully saturated rings. The molecule has 0 saturated heterocycles. The van der Waals surface area contributed by atoms with Gasteiger partial charge < -0.3 is 10.2 Å². The van der Waals surface area contributed by atoms with Crippen molar-refractivity contribution < 1.29 is 4.74 Å². The second-order valence-electron chi connectivity index (χ2n) is 6.47. The van der Waals surface area contributed by atoms with E-state index in [1.165, 1.54) is 11.1 Å². The van der Waals surface area contributed by atoms with Gasteiger partial charge in [0.25, 0.3) is 0 Å². The molecule has 5 rings (SSSR count). The fourth-order valence-corrected chi connectivity index (χ4v) is 3.84. The van der Waals surface area contributed by atoms with E-state index in [-0.39, 0.29) is 12.3 Å². The Morgan fingerprint density at radius 3 is 2.38 bits per heavy atom. The van der Waals surface area contributed by atoms with Gasteiger partial charge in [0.05, 0.1) is 11.7 Å². The smallest absolute Gasteiger partial charge is 0.195 e. The molecule has 128 valence electrons. The third-order valence-corrected chi connectivity index (χ3v) is 5.37. The molecular weight excluding hydrogens is 388 g/mol. The number of rotatable bonds is 2. The third kappa shape index (κ3) is 2.62. The van der Waals surface area contributed by atoms with E-state index < -0.39 is 0 Å². The first kappa shape index (κ1) is 15.7. The monoisotopic (exact) mass is 404 g/mol. The van der Waals surface area contributed by atoms with Crippen molar-refractivity contribution >= 4 is 21.6 Å². The van der Waals surface area contributed by atoms with Gasteiger partial charge in [-0.15, -0.1) is 0 Å². The zero-order valence-corrected chi connectivity index (χ0v) is 15.6. The molecule has 0 radical (unpaired) electrons. The van der Waals surface area contributed by atoms with Crippen LogP contribution in [-0.2, 0) is 0 Å². The molecule has 3 aromatic rings. The summed E-state index contributed by atoms with van der Waals surface area (Å²) in [5.74, 6) is 0.939. The van der Waals surface area contributed by atoms with Gasteiger partial charge in [-0.1, -0.05) is 76.6 Å². The Labute approximate surface area is 161 Å². The van der Waals surface area contributed by atoms with Gasteiger partial charge in [0.1, 0.15) is 5.75 Å². The van der Waals surface area contributed by atoms with Crippen molar-refractivity contribution in [1.29, 1.82) is 0 Å². The number of benzene rings is 3. The quantitative estimate of drug-likeness (QED) is 0.614. The molecule has 0 saturated carbocycles. The van der Waals surface area contributed by atoms with Gasteiger partial charge in [0.2, 0.25) is 0 Å². The zero-order valence-electron chi connectivity index (χ0n) is 14.0. The maximum Gasteiger partial charge on any atom is 0.195 e. The third-order valence-electron chi connectivity index (χ3n) is 4.84. The summed E-state index contributed by atoms with van der Waals surface area (Å²) in [7, 11) is 0. The average Bonchev–Trinajstić information content (AvgIpc) is 3.14. The van der Waals surface area contributed by atoms with E-state index in [2.05, 4.69) is 93.1 Å². The van der Waals surface area contributed by atoms with Gasteiger partial charge in [0.15, 0.2) is 6.23 Å². The average molecular weight is 405 g/mol. The maximum atomic E-state index is 6.37. The Morgan fingerprint density at radius 2 is 1.58 bits per heavy atom. The predicted octanol–water partition coefficient (Wildman–Crippen LogP) is 5.44. The fraction of sp³-hybridized carbons (Fsp3) is 0.0909. The summed E-state index contributed by atoms with van der Waals surface area (Å²) in [4.78, 5) is 0. The summed E-state index contributed by atoms with van der Waals surface area (Å²) in [6, 6.07) is 27.1. The second-order valence-corrected chi connectivity index (χ2v) is 7.39. The Kier molecular flexibility index (Phi) is 3.80. The largest absolute Gasteiger partial charge is 0.469 e. The molecule has 0 unspecified atom stereocenters. The molecule has 26 heavy (non-hydrogen) atoms. The van der Waals surface area contributed by atoms with Crippen molar-refractivity contribution in [3.63, 3.8) is 0 Å². The van der Waals surface area contributed by atoms with Crippen LogP contribution in [0.3, 0.4) is 0 Å². The first-order valence-corrected chi connectivity index (χ1v) is 9.42. The van der Waals surface area contributed by atoms with Crippen molar-refractivity contribution in [2.45, 2.75) is 12.3 Å². The number of nitrogens with one attached hydrogen (secondary N) is 1. The zero-order chi connectivity index (χ0) is 17.5. The van der Waals surface area contributed by atoms with Crippen LogP contribution in [0.4, 0.5) is 0 Å². The van der Waals surface area contributed by atoms with E-state index in [0.717, 1.165) is 21.5 Å². The topological polar surface area (TPSA) is 24.5 Å². The normalized spacial score (nSPS) is 21.2. The number of para-hydroxylation sites is 1. The molecule has 0 bridgehead atoms. The van der Waals surface area contributed by atoms with Gasteiger partial charge in [-0.25, -0.2) is 0 Å². The highest BCUT2D eigenvalue weighted by Gasteiger charge is 2.39. The molecule has 3 aromatic carbocycles. The van der Waals surface area contributed by atoms with Crippen LogP contribution >= 0.6 is 15.9 Å². The molecule has 1 N–H and O–H groups in total. The van der Waals surface area contributed by atoms with Crippen LogP contribution in [0, 0.1) is 0 Å². The van der Waals surface area contributed by atoms with E-state index >= 15 is 0 Å². The van der Waals surface area contributed by atoms with Crippen molar-refractivity contribution in [1.82, 2.24) is 10.4 Å². The molecule has 0 aliphatic carbocycles. The Hall–Kier alpha value is -2.56.